The molecule has 9 nitrogen and oxygen atoms in total. The lowest BCUT2D eigenvalue weighted by molar-refractivity contribution is -0.138. The first-order valence-electron chi connectivity index (χ1n) is 11.7. The second-order valence-corrected chi connectivity index (χ2v) is 8.83. The molecule has 9 heteroatoms. The highest BCUT2D eigenvalue weighted by Crippen LogP contribution is 2.29. The van der Waals surface area contributed by atoms with Crippen LogP contribution in [0.5, 0.6) is 0 Å². The molecular weight excluding hydrogens is 418 g/mol. The van der Waals surface area contributed by atoms with Crippen LogP contribution in [0.2, 0.25) is 0 Å². The van der Waals surface area contributed by atoms with Crippen molar-refractivity contribution in [3.63, 3.8) is 0 Å². The Morgan fingerprint density at radius 3 is 2.36 bits per heavy atom. The lowest BCUT2D eigenvalue weighted by atomic mass is 9.89. The maximum atomic E-state index is 13.2. The number of amides is 1. The predicted octanol–water partition coefficient (Wildman–Crippen LogP) is 2.52. The highest BCUT2D eigenvalue weighted by atomic mass is 16.6. The van der Waals surface area contributed by atoms with Crippen molar-refractivity contribution in [2.75, 3.05) is 39.0 Å². The van der Waals surface area contributed by atoms with Gasteiger partial charge in [0.25, 0.3) is 0 Å². The molecule has 0 aliphatic carbocycles. The van der Waals surface area contributed by atoms with Crippen LogP contribution in [-0.4, -0.2) is 69.7 Å². The summed E-state index contributed by atoms with van der Waals surface area (Å²) in [5.41, 5.74) is 7.79. The molecule has 4 heterocycles. The summed E-state index contributed by atoms with van der Waals surface area (Å²) in [4.78, 5) is 35.5. The van der Waals surface area contributed by atoms with Gasteiger partial charge in [-0.25, -0.2) is 15.0 Å². The molecule has 0 aromatic carbocycles. The second-order valence-electron chi connectivity index (χ2n) is 8.83. The van der Waals surface area contributed by atoms with Crippen LogP contribution >= 0.6 is 0 Å². The molecule has 2 aliphatic heterocycles. The molecule has 1 amide bonds. The van der Waals surface area contributed by atoms with E-state index in [0.29, 0.717) is 11.6 Å². The van der Waals surface area contributed by atoms with E-state index in [0.717, 1.165) is 57.6 Å². The van der Waals surface area contributed by atoms with Crippen molar-refractivity contribution < 1.29 is 9.63 Å². The highest BCUT2D eigenvalue weighted by molar-refractivity contribution is 5.98. The monoisotopic (exact) mass is 451 g/mol. The van der Waals surface area contributed by atoms with E-state index in [1.807, 2.05) is 17.0 Å². The minimum absolute atomic E-state index is 0.0945. The number of hydrogen-bond acceptors (Lipinski definition) is 8. The molecule has 4 rings (SSSR count). The molecule has 2 saturated heterocycles. The molecule has 2 aromatic rings. The van der Waals surface area contributed by atoms with Crippen LogP contribution in [0.25, 0.3) is 0 Å². The van der Waals surface area contributed by atoms with Crippen molar-refractivity contribution in [1.82, 2.24) is 24.8 Å². The summed E-state index contributed by atoms with van der Waals surface area (Å²) >= 11 is 0. The van der Waals surface area contributed by atoms with Gasteiger partial charge in [0, 0.05) is 49.6 Å². The van der Waals surface area contributed by atoms with Gasteiger partial charge < -0.3 is 15.5 Å². The number of hydrogen-bond donors (Lipinski definition) is 1. The van der Waals surface area contributed by atoms with Crippen LogP contribution in [-0.2, 0) is 9.63 Å². The molecule has 1 atom stereocenters. The number of carbonyl (C=O) groups excluding carboxylic acids is 1. The van der Waals surface area contributed by atoms with E-state index in [4.69, 9.17) is 10.6 Å². The topological polar surface area (TPSA) is 110 Å². The molecule has 0 unspecified atom stereocenters. The molecule has 2 fully saturated rings. The van der Waals surface area contributed by atoms with Crippen LogP contribution in [0.3, 0.4) is 0 Å². The zero-order valence-electron chi connectivity index (χ0n) is 19.4. The van der Waals surface area contributed by atoms with Gasteiger partial charge in [0.15, 0.2) is 5.82 Å². The Hall–Kier alpha value is -3.07. The number of likely N-dealkylation sites (tertiary alicyclic amines) is 2. The molecule has 2 N–H and O–H groups in total. The maximum absolute atomic E-state index is 13.2. The summed E-state index contributed by atoms with van der Waals surface area (Å²) in [7, 11) is 1.54. The predicted molar refractivity (Wildman–Crippen MR) is 126 cm³/mol. The first-order chi connectivity index (χ1) is 16.1. The number of carbonyl (C=O) groups is 1. The van der Waals surface area contributed by atoms with Crippen molar-refractivity contribution in [2.24, 2.45) is 17.0 Å². The number of pyridine rings is 1. The molecule has 176 valence electrons. The normalized spacial score (nSPS) is 19.9. The molecule has 0 saturated carbocycles. The first kappa shape index (κ1) is 23.1. The van der Waals surface area contributed by atoms with Crippen LogP contribution in [0.1, 0.15) is 50.0 Å². The molecule has 0 spiro atoms. The Bertz CT molecular complexity index is 952. The summed E-state index contributed by atoms with van der Waals surface area (Å²) in [6.07, 6.45) is 8.63. The van der Waals surface area contributed by atoms with Crippen molar-refractivity contribution in [2.45, 2.75) is 38.6 Å². The van der Waals surface area contributed by atoms with Gasteiger partial charge in [-0.2, -0.15) is 0 Å². The van der Waals surface area contributed by atoms with Gasteiger partial charge in [0.2, 0.25) is 5.91 Å². The number of piperidine rings is 2. The fourth-order valence-corrected chi connectivity index (χ4v) is 4.93. The molecule has 33 heavy (non-hydrogen) atoms. The van der Waals surface area contributed by atoms with Crippen molar-refractivity contribution in [3.05, 3.63) is 48.2 Å². The van der Waals surface area contributed by atoms with Gasteiger partial charge in [-0.3, -0.25) is 9.69 Å². The van der Waals surface area contributed by atoms with E-state index >= 15 is 0 Å². The Balaban J connectivity index is 1.29. The van der Waals surface area contributed by atoms with E-state index in [-0.39, 0.29) is 23.8 Å². The SMILES string of the molecule is CON=C(c1ncccn1)C1CCN(C(=O)C2CCN([C@H](C)c3ccnc(N)c3)CC2)CC1. The lowest BCUT2D eigenvalue weighted by Gasteiger charge is -2.39. The third-order valence-corrected chi connectivity index (χ3v) is 6.89. The Kier molecular flexibility index (Phi) is 7.49. The smallest absolute Gasteiger partial charge is 0.225 e. The van der Waals surface area contributed by atoms with Crippen LogP contribution in [0, 0.1) is 11.8 Å². The summed E-state index contributed by atoms with van der Waals surface area (Å²) in [5, 5.41) is 4.20. The van der Waals surface area contributed by atoms with Crippen molar-refractivity contribution in [3.8, 4) is 0 Å². The maximum Gasteiger partial charge on any atom is 0.225 e. The van der Waals surface area contributed by atoms with Crippen LogP contribution in [0.4, 0.5) is 5.82 Å². The van der Waals surface area contributed by atoms with Gasteiger partial charge in [0.1, 0.15) is 18.6 Å². The number of nitrogens with zero attached hydrogens (tertiary/aromatic N) is 6. The Morgan fingerprint density at radius 1 is 1.06 bits per heavy atom. The third-order valence-electron chi connectivity index (χ3n) is 6.89. The summed E-state index contributed by atoms with van der Waals surface area (Å²) in [6.45, 7) is 5.47. The van der Waals surface area contributed by atoms with E-state index in [9.17, 15) is 4.79 Å². The van der Waals surface area contributed by atoms with Crippen LogP contribution < -0.4 is 5.73 Å². The molecule has 2 aromatic heterocycles. The van der Waals surface area contributed by atoms with E-state index in [2.05, 4.69) is 31.9 Å². The summed E-state index contributed by atoms with van der Waals surface area (Å²) < 4.78 is 0. The number of nitrogen functional groups attached to an aromatic ring is 1. The van der Waals surface area contributed by atoms with Gasteiger partial charge in [-0.15, -0.1) is 0 Å². The number of aromatic nitrogens is 3. The van der Waals surface area contributed by atoms with Crippen molar-refractivity contribution >= 4 is 17.4 Å². The number of rotatable bonds is 6. The van der Waals surface area contributed by atoms with Crippen LogP contribution in [0.15, 0.2) is 41.9 Å². The first-order valence-corrected chi connectivity index (χ1v) is 11.7. The summed E-state index contributed by atoms with van der Waals surface area (Å²) in [6, 6.07) is 6.01. The van der Waals surface area contributed by atoms with Crippen molar-refractivity contribution in [1.29, 1.82) is 0 Å². The fraction of sp³-hybridized carbons (Fsp3) is 0.542. The van der Waals surface area contributed by atoms with E-state index in [1.165, 1.54) is 5.56 Å². The average Bonchev–Trinajstić information content (AvgIpc) is 2.87. The molecular formula is C24H33N7O2. The van der Waals surface area contributed by atoms with E-state index in [1.54, 1.807) is 31.8 Å². The van der Waals surface area contributed by atoms with Gasteiger partial charge >= 0.3 is 0 Å². The zero-order chi connectivity index (χ0) is 23.2. The molecule has 0 radical (unpaired) electrons. The summed E-state index contributed by atoms with van der Waals surface area (Å²) in [5.74, 6) is 1.71. The largest absolute Gasteiger partial charge is 0.399 e. The van der Waals surface area contributed by atoms with Gasteiger partial charge in [-0.1, -0.05) is 5.16 Å². The molecule has 2 aliphatic rings. The minimum Gasteiger partial charge on any atom is -0.399 e. The van der Waals surface area contributed by atoms with Gasteiger partial charge in [-0.05, 0) is 69.5 Å². The quantitative estimate of drug-likeness (QED) is 0.531. The average molecular weight is 452 g/mol. The number of oxime groups is 1. The zero-order valence-corrected chi connectivity index (χ0v) is 19.4. The number of nitrogens with two attached hydrogens (primary N) is 1. The van der Waals surface area contributed by atoms with E-state index < -0.39 is 0 Å². The standard InChI is InChI=1S/C24H33N7O2/c1-17(20-4-11-26-21(25)16-20)30-12-7-19(8-13-30)24(32)31-14-5-18(6-15-31)22(29-33-2)23-27-9-3-10-28-23/h3-4,9-11,16-19H,5-8,12-15H2,1-2H3,(H2,25,26)/t17-/m1/s1. The number of anilines is 1. The highest BCUT2D eigenvalue weighted by Gasteiger charge is 2.34. The Morgan fingerprint density at radius 2 is 1.73 bits per heavy atom. The molecule has 0 bridgehead atoms. The second kappa shape index (κ2) is 10.7. The fourth-order valence-electron chi connectivity index (χ4n) is 4.93. The third kappa shape index (κ3) is 5.47. The lowest BCUT2D eigenvalue weighted by Crippen LogP contribution is -2.46. The van der Waals surface area contributed by atoms with Gasteiger partial charge in [0.05, 0.1) is 0 Å². The minimum atomic E-state index is 0.0945. The Labute approximate surface area is 195 Å².